The lowest BCUT2D eigenvalue weighted by molar-refractivity contribution is 0.0916. The Morgan fingerprint density at radius 3 is 3.04 bits per heavy atom. The van der Waals surface area contributed by atoms with Crippen molar-refractivity contribution >= 4 is 11.6 Å². The minimum absolute atomic E-state index is 0.0276. The number of H-pyrrole nitrogens is 1. The topological polar surface area (TPSA) is 94.1 Å². The van der Waals surface area contributed by atoms with E-state index in [2.05, 4.69) is 25.4 Å². The van der Waals surface area contributed by atoms with Gasteiger partial charge in [0, 0.05) is 43.2 Å². The molecule has 2 aromatic rings. The van der Waals surface area contributed by atoms with Gasteiger partial charge < -0.3 is 15.3 Å². The number of aliphatic hydroxyl groups is 1. The number of aromatic nitrogens is 3. The van der Waals surface area contributed by atoms with Crippen LogP contribution in [0.5, 0.6) is 0 Å². The molecule has 0 radical (unpaired) electrons. The summed E-state index contributed by atoms with van der Waals surface area (Å²) in [6, 6.07) is 5.89. The van der Waals surface area contributed by atoms with Crippen LogP contribution in [0.3, 0.4) is 0 Å². The van der Waals surface area contributed by atoms with Gasteiger partial charge in [-0.3, -0.25) is 9.89 Å². The van der Waals surface area contributed by atoms with Crippen molar-refractivity contribution in [1.29, 1.82) is 0 Å². The summed E-state index contributed by atoms with van der Waals surface area (Å²) in [5.41, 5.74) is 3.10. The number of nitrogens with zero attached hydrogens (tertiary/aromatic N) is 3. The standard InChI is InChI=1S/C19H25N5O2/c1-11-21-18(23-22-11)14-7-15(17(25)9-14)10-20-19(26)13-4-3-12-5-6-24(2)16(12)8-13/h3-4,8,14-15,17,25H,5-7,9-10H2,1-2H3,(H,20,26)(H,21,22,23)/t14-,15+,17+/m0/s1. The van der Waals surface area contributed by atoms with Gasteiger partial charge in [-0.2, -0.15) is 5.10 Å². The fourth-order valence-corrected chi connectivity index (χ4v) is 4.08. The number of amides is 1. The second-order valence-electron chi connectivity index (χ2n) is 7.50. The maximum atomic E-state index is 12.5. The predicted molar refractivity (Wildman–Crippen MR) is 98.3 cm³/mol. The number of fused-ring (bicyclic) bond motifs is 1. The molecule has 0 saturated heterocycles. The van der Waals surface area contributed by atoms with Crippen molar-refractivity contribution in [1.82, 2.24) is 20.5 Å². The molecule has 0 unspecified atom stereocenters. The molecule has 26 heavy (non-hydrogen) atoms. The van der Waals surface area contributed by atoms with Gasteiger partial charge in [0.25, 0.3) is 5.91 Å². The molecule has 1 fully saturated rings. The minimum Gasteiger partial charge on any atom is -0.393 e. The molecule has 0 spiro atoms. The van der Waals surface area contributed by atoms with Crippen molar-refractivity contribution in [3.8, 4) is 0 Å². The first-order valence-corrected chi connectivity index (χ1v) is 9.20. The summed E-state index contributed by atoms with van der Waals surface area (Å²) in [6.07, 6.45) is 2.02. The van der Waals surface area contributed by atoms with Gasteiger partial charge >= 0.3 is 0 Å². The van der Waals surface area contributed by atoms with E-state index in [9.17, 15) is 9.90 Å². The number of hydrogen-bond acceptors (Lipinski definition) is 5. The molecule has 7 nitrogen and oxygen atoms in total. The Kier molecular flexibility index (Phi) is 4.40. The van der Waals surface area contributed by atoms with Gasteiger partial charge in [-0.05, 0) is 43.9 Å². The fourth-order valence-electron chi connectivity index (χ4n) is 4.08. The van der Waals surface area contributed by atoms with E-state index in [1.54, 1.807) is 0 Å². The molecule has 7 heteroatoms. The molecule has 1 saturated carbocycles. The van der Waals surface area contributed by atoms with Crippen molar-refractivity contribution in [3.05, 3.63) is 41.0 Å². The van der Waals surface area contributed by atoms with Crippen molar-refractivity contribution < 1.29 is 9.90 Å². The van der Waals surface area contributed by atoms with E-state index in [-0.39, 0.29) is 17.7 Å². The second kappa shape index (κ2) is 6.72. The second-order valence-corrected chi connectivity index (χ2v) is 7.50. The molecule has 1 aliphatic carbocycles. The van der Waals surface area contributed by atoms with Crippen molar-refractivity contribution in [2.24, 2.45) is 5.92 Å². The molecule has 1 aromatic carbocycles. The van der Waals surface area contributed by atoms with Crippen LogP contribution in [0.4, 0.5) is 5.69 Å². The zero-order valence-corrected chi connectivity index (χ0v) is 15.2. The Labute approximate surface area is 152 Å². The number of nitrogens with one attached hydrogen (secondary N) is 2. The summed E-state index contributed by atoms with van der Waals surface area (Å²) < 4.78 is 0. The van der Waals surface area contributed by atoms with Gasteiger partial charge in [-0.15, -0.1) is 0 Å². The van der Waals surface area contributed by atoms with Gasteiger partial charge in [0.2, 0.25) is 0 Å². The lowest BCUT2D eigenvalue weighted by atomic mass is 10.0. The first-order valence-electron chi connectivity index (χ1n) is 9.20. The van der Waals surface area contributed by atoms with Crippen LogP contribution < -0.4 is 10.2 Å². The molecule has 3 atom stereocenters. The van der Waals surface area contributed by atoms with Gasteiger partial charge in [0.1, 0.15) is 5.82 Å². The molecule has 0 bridgehead atoms. The maximum Gasteiger partial charge on any atom is 0.251 e. The molecular formula is C19H25N5O2. The number of carbonyl (C=O) groups excluding carboxylic acids is 1. The van der Waals surface area contributed by atoms with Gasteiger partial charge in [0.15, 0.2) is 5.82 Å². The Hall–Kier alpha value is -2.41. The predicted octanol–water partition coefficient (Wildman–Crippen LogP) is 1.39. The Morgan fingerprint density at radius 2 is 2.27 bits per heavy atom. The van der Waals surface area contributed by atoms with E-state index in [1.807, 2.05) is 32.2 Å². The van der Waals surface area contributed by atoms with Gasteiger partial charge in [0.05, 0.1) is 6.10 Å². The monoisotopic (exact) mass is 355 g/mol. The summed E-state index contributed by atoms with van der Waals surface area (Å²) >= 11 is 0. The van der Waals surface area contributed by atoms with E-state index >= 15 is 0 Å². The quantitative estimate of drug-likeness (QED) is 0.770. The number of aryl methyl sites for hydroxylation is 1. The number of benzene rings is 1. The highest BCUT2D eigenvalue weighted by Crippen LogP contribution is 2.36. The molecule has 1 amide bonds. The van der Waals surface area contributed by atoms with Crippen molar-refractivity contribution in [3.63, 3.8) is 0 Å². The fraction of sp³-hybridized carbons (Fsp3) is 0.526. The summed E-state index contributed by atoms with van der Waals surface area (Å²) in [5.74, 6) is 1.63. The van der Waals surface area contributed by atoms with Crippen molar-refractivity contribution in [2.45, 2.75) is 38.2 Å². The van der Waals surface area contributed by atoms with Crippen LogP contribution in [0.25, 0.3) is 0 Å². The Bertz CT molecular complexity index is 818. The zero-order chi connectivity index (χ0) is 18.3. The summed E-state index contributed by atoms with van der Waals surface area (Å²) in [6.45, 7) is 3.33. The summed E-state index contributed by atoms with van der Waals surface area (Å²) in [7, 11) is 2.05. The number of hydrogen-bond donors (Lipinski definition) is 3. The first kappa shape index (κ1) is 17.0. The maximum absolute atomic E-state index is 12.5. The molecule has 138 valence electrons. The van der Waals surface area contributed by atoms with E-state index in [0.717, 1.165) is 36.7 Å². The third-order valence-corrected chi connectivity index (χ3v) is 5.64. The SMILES string of the molecule is Cc1nc([C@H]2C[C@H](CNC(=O)c3ccc4c(c3)N(C)CC4)[C@H](O)C2)n[nH]1. The lowest BCUT2D eigenvalue weighted by Gasteiger charge is -2.16. The highest BCUT2D eigenvalue weighted by Gasteiger charge is 2.35. The van der Waals surface area contributed by atoms with Crippen LogP contribution in [-0.2, 0) is 6.42 Å². The van der Waals surface area contributed by atoms with Crippen LogP contribution in [0.1, 0.15) is 46.3 Å². The summed E-state index contributed by atoms with van der Waals surface area (Å²) in [5, 5.41) is 20.4. The first-order chi connectivity index (χ1) is 12.5. The van der Waals surface area contributed by atoms with Gasteiger partial charge in [-0.1, -0.05) is 6.07 Å². The van der Waals surface area contributed by atoms with Crippen LogP contribution in [0, 0.1) is 12.8 Å². The average molecular weight is 355 g/mol. The number of aromatic amines is 1. The average Bonchev–Trinajstić information content (AvgIpc) is 3.32. The molecule has 3 N–H and O–H groups in total. The lowest BCUT2D eigenvalue weighted by Crippen LogP contribution is -2.32. The minimum atomic E-state index is -0.440. The van der Waals surface area contributed by atoms with E-state index in [4.69, 9.17) is 0 Å². The number of rotatable bonds is 4. The van der Waals surface area contributed by atoms with E-state index in [0.29, 0.717) is 18.5 Å². The molecular weight excluding hydrogens is 330 g/mol. The van der Waals surface area contributed by atoms with E-state index < -0.39 is 6.10 Å². The van der Waals surface area contributed by atoms with Crippen LogP contribution >= 0.6 is 0 Å². The number of aliphatic hydroxyl groups excluding tert-OH is 1. The zero-order valence-electron chi connectivity index (χ0n) is 15.2. The molecule has 4 rings (SSSR count). The molecule has 2 aliphatic rings. The highest BCUT2D eigenvalue weighted by molar-refractivity contribution is 5.95. The highest BCUT2D eigenvalue weighted by atomic mass is 16.3. The largest absolute Gasteiger partial charge is 0.393 e. The number of carbonyl (C=O) groups is 1. The molecule has 1 aromatic heterocycles. The third-order valence-electron chi connectivity index (χ3n) is 5.64. The van der Waals surface area contributed by atoms with Crippen LogP contribution in [0.2, 0.25) is 0 Å². The van der Waals surface area contributed by atoms with Crippen molar-refractivity contribution in [2.75, 3.05) is 25.0 Å². The Morgan fingerprint density at radius 1 is 1.42 bits per heavy atom. The smallest absolute Gasteiger partial charge is 0.251 e. The molecule has 2 heterocycles. The van der Waals surface area contributed by atoms with Crippen LogP contribution in [-0.4, -0.2) is 52.4 Å². The van der Waals surface area contributed by atoms with E-state index in [1.165, 1.54) is 5.56 Å². The third kappa shape index (κ3) is 3.19. The number of anilines is 1. The van der Waals surface area contributed by atoms with Crippen LogP contribution in [0.15, 0.2) is 18.2 Å². The normalized spacial score (nSPS) is 24.7. The number of likely N-dealkylation sites (N-methyl/N-ethyl adjacent to an activating group) is 1. The van der Waals surface area contributed by atoms with Gasteiger partial charge in [-0.25, -0.2) is 4.98 Å². The summed E-state index contributed by atoms with van der Waals surface area (Å²) in [4.78, 5) is 19.1. The molecule has 1 aliphatic heterocycles. The Balaban J connectivity index is 1.37.